The summed E-state index contributed by atoms with van der Waals surface area (Å²) in [7, 11) is 1.72. The molecule has 1 saturated carbocycles. The Hall–Kier alpha value is -0.930. The summed E-state index contributed by atoms with van der Waals surface area (Å²) in [6.45, 7) is 2.91. The van der Waals surface area contributed by atoms with Crippen LogP contribution in [0.5, 0.6) is 0 Å². The molecule has 17 heavy (non-hydrogen) atoms. The van der Waals surface area contributed by atoms with E-state index in [-0.39, 0.29) is 11.9 Å². The van der Waals surface area contributed by atoms with Gasteiger partial charge in [-0.2, -0.15) is 0 Å². The van der Waals surface area contributed by atoms with Crippen molar-refractivity contribution in [2.45, 2.75) is 37.8 Å². The molecule has 1 N–H and O–H groups in total. The number of methoxy groups -OCH3 is 1. The maximum absolute atomic E-state index is 13.5. The molecule has 1 fully saturated rings. The topological polar surface area (TPSA) is 21.3 Å². The average molecular weight is 237 g/mol. The molecule has 0 bridgehead atoms. The van der Waals surface area contributed by atoms with Crippen LogP contribution in [0.15, 0.2) is 24.3 Å². The third-order valence-corrected chi connectivity index (χ3v) is 3.58. The summed E-state index contributed by atoms with van der Waals surface area (Å²) in [6.07, 6.45) is 2.29. The van der Waals surface area contributed by atoms with E-state index in [4.69, 9.17) is 4.74 Å². The summed E-state index contributed by atoms with van der Waals surface area (Å²) < 4.78 is 18.7. The predicted molar refractivity (Wildman–Crippen MR) is 66.6 cm³/mol. The Kier molecular flexibility index (Phi) is 4.13. The van der Waals surface area contributed by atoms with Gasteiger partial charge in [0.2, 0.25) is 0 Å². The Morgan fingerprint density at radius 3 is 2.76 bits per heavy atom. The van der Waals surface area contributed by atoms with Crippen LogP contribution in [0.1, 0.15) is 31.2 Å². The Labute approximate surface area is 102 Å². The molecule has 1 unspecified atom stereocenters. The Morgan fingerprint density at radius 2 is 2.12 bits per heavy atom. The van der Waals surface area contributed by atoms with E-state index in [2.05, 4.69) is 5.32 Å². The molecular formula is C14H20FNO. The van der Waals surface area contributed by atoms with Crippen LogP contribution in [0, 0.1) is 5.82 Å². The lowest BCUT2D eigenvalue weighted by molar-refractivity contribution is 0.108. The highest BCUT2D eigenvalue weighted by atomic mass is 19.1. The van der Waals surface area contributed by atoms with Crippen molar-refractivity contribution in [3.05, 3.63) is 35.6 Å². The van der Waals surface area contributed by atoms with Crippen molar-refractivity contribution in [3.8, 4) is 0 Å². The van der Waals surface area contributed by atoms with Gasteiger partial charge in [0.15, 0.2) is 0 Å². The van der Waals surface area contributed by atoms with Gasteiger partial charge >= 0.3 is 0 Å². The van der Waals surface area contributed by atoms with E-state index >= 15 is 0 Å². The summed E-state index contributed by atoms with van der Waals surface area (Å²) in [5, 5.41) is 3.44. The van der Waals surface area contributed by atoms with Crippen LogP contribution in [0.3, 0.4) is 0 Å². The lowest BCUT2D eigenvalue weighted by atomic mass is 9.75. The Morgan fingerprint density at radius 1 is 1.41 bits per heavy atom. The maximum atomic E-state index is 13.5. The molecule has 1 aliphatic rings. The first kappa shape index (κ1) is 12.5. The first-order valence-electron chi connectivity index (χ1n) is 6.21. The Balaban J connectivity index is 1.77. The van der Waals surface area contributed by atoms with Gasteiger partial charge in [0, 0.05) is 19.7 Å². The molecule has 1 aliphatic carbocycles. The lowest BCUT2D eigenvalue weighted by Crippen LogP contribution is -2.43. The number of hydrogen-bond acceptors (Lipinski definition) is 2. The molecule has 1 atom stereocenters. The normalized spacial score (nSPS) is 25.4. The minimum absolute atomic E-state index is 0.0683. The number of rotatable bonds is 5. The molecule has 0 radical (unpaired) electrons. The number of hydrogen-bond donors (Lipinski definition) is 1. The fraction of sp³-hybridized carbons (Fsp3) is 0.571. The fourth-order valence-electron chi connectivity index (χ4n) is 2.26. The van der Waals surface area contributed by atoms with Crippen molar-refractivity contribution in [3.63, 3.8) is 0 Å². The quantitative estimate of drug-likeness (QED) is 0.850. The van der Waals surface area contributed by atoms with Crippen LogP contribution in [-0.2, 0) is 4.74 Å². The zero-order valence-corrected chi connectivity index (χ0v) is 10.4. The molecule has 1 aromatic carbocycles. The van der Waals surface area contributed by atoms with Gasteiger partial charge in [-0.1, -0.05) is 18.2 Å². The third kappa shape index (κ3) is 3.05. The van der Waals surface area contributed by atoms with Crippen LogP contribution in [0.4, 0.5) is 4.39 Å². The summed E-state index contributed by atoms with van der Waals surface area (Å²) in [6, 6.07) is 7.61. The molecule has 2 rings (SSSR count). The number of ether oxygens (including phenoxy) is 1. The molecule has 0 amide bonds. The second kappa shape index (κ2) is 5.61. The molecular weight excluding hydrogens is 217 g/mol. The minimum atomic E-state index is -0.0683. The highest BCUT2D eigenvalue weighted by molar-refractivity contribution is 5.24. The van der Waals surface area contributed by atoms with Crippen LogP contribution in [0.25, 0.3) is 0 Å². The van der Waals surface area contributed by atoms with Crippen LogP contribution >= 0.6 is 0 Å². The lowest BCUT2D eigenvalue weighted by Gasteiger charge is -2.37. The van der Waals surface area contributed by atoms with Gasteiger partial charge in [-0.05, 0) is 37.3 Å². The zero-order valence-electron chi connectivity index (χ0n) is 10.4. The van der Waals surface area contributed by atoms with Crippen molar-refractivity contribution in [1.82, 2.24) is 5.32 Å². The number of benzene rings is 1. The van der Waals surface area contributed by atoms with E-state index in [9.17, 15) is 4.39 Å². The first-order valence-corrected chi connectivity index (χ1v) is 6.21. The van der Waals surface area contributed by atoms with Crippen LogP contribution < -0.4 is 5.32 Å². The second-order valence-corrected chi connectivity index (χ2v) is 4.84. The van der Waals surface area contributed by atoms with Gasteiger partial charge in [0.1, 0.15) is 5.82 Å². The van der Waals surface area contributed by atoms with Crippen LogP contribution in [-0.4, -0.2) is 25.8 Å². The number of halogens is 1. The largest absolute Gasteiger partial charge is 0.380 e. The predicted octanol–water partition coefficient (Wildman–Crippen LogP) is 2.70. The van der Waals surface area contributed by atoms with Crippen molar-refractivity contribution < 1.29 is 9.13 Å². The van der Waals surface area contributed by atoms with E-state index in [0.29, 0.717) is 12.0 Å². The van der Waals surface area contributed by atoms with E-state index in [0.717, 1.165) is 24.9 Å². The fourth-order valence-corrected chi connectivity index (χ4v) is 2.26. The molecule has 0 aliphatic heterocycles. The molecule has 0 spiro atoms. The molecule has 94 valence electrons. The summed E-state index contributed by atoms with van der Waals surface area (Å²) in [4.78, 5) is 0. The molecule has 0 aromatic heterocycles. The van der Waals surface area contributed by atoms with Gasteiger partial charge in [0.05, 0.1) is 6.10 Å². The average Bonchev–Trinajstić information content (AvgIpc) is 2.28. The minimum Gasteiger partial charge on any atom is -0.380 e. The number of nitrogens with one attached hydrogen (secondary N) is 1. The van der Waals surface area contributed by atoms with Crippen molar-refractivity contribution in [2.24, 2.45) is 0 Å². The van der Waals surface area contributed by atoms with Crippen LogP contribution in [0.2, 0.25) is 0 Å². The molecule has 3 heteroatoms. The maximum Gasteiger partial charge on any atom is 0.126 e. The van der Waals surface area contributed by atoms with Gasteiger partial charge in [-0.15, -0.1) is 0 Å². The first-order chi connectivity index (χ1) is 8.20. The van der Waals surface area contributed by atoms with Crippen molar-refractivity contribution >= 4 is 0 Å². The van der Waals surface area contributed by atoms with E-state index < -0.39 is 0 Å². The van der Waals surface area contributed by atoms with E-state index in [1.807, 2.05) is 19.1 Å². The molecule has 0 heterocycles. The van der Waals surface area contributed by atoms with Gasteiger partial charge in [-0.3, -0.25) is 0 Å². The molecule has 1 aromatic rings. The van der Waals surface area contributed by atoms with E-state index in [1.54, 1.807) is 19.2 Å². The second-order valence-electron chi connectivity index (χ2n) is 4.84. The SMILES string of the molecule is COC(C)CNC1CC(c2ccccc2F)C1. The third-order valence-electron chi connectivity index (χ3n) is 3.58. The Bertz CT molecular complexity index is 363. The van der Waals surface area contributed by atoms with E-state index in [1.165, 1.54) is 0 Å². The van der Waals surface area contributed by atoms with Gasteiger partial charge in [0.25, 0.3) is 0 Å². The summed E-state index contributed by atoms with van der Waals surface area (Å²) in [5.41, 5.74) is 0.866. The monoisotopic (exact) mass is 237 g/mol. The standard InChI is InChI=1S/C14H20FNO/c1-10(17-2)9-16-12-7-11(8-12)13-5-3-4-6-14(13)15/h3-6,10-12,16H,7-9H2,1-2H3. The van der Waals surface area contributed by atoms with Gasteiger partial charge < -0.3 is 10.1 Å². The molecule has 0 saturated heterocycles. The van der Waals surface area contributed by atoms with Gasteiger partial charge in [-0.25, -0.2) is 4.39 Å². The van der Waals surface area contributed by atoms with Crippen molar-refractivity contribution in [1.29, 1.82) is 0 Å². The van der Waals surface area contributed by atoms with Crippen molar-refractivity contribution in [2.75, 3.05) is 13.7 Å². The zero-order chi connectivity index (χ0) is 12.3. The summed E-state index contributed by atoms with van der Waals surface area (Å²) >= 11 is 0. The highest BCUT2D eigenvalue weighted by Crippen LogP contribution is 2.37. The highest BCUT2D eigenvalue weighted by Gasteiger charge is 2.31. The molecule has 2 nitrogen and oxygen atoms in total. The summed E-state index contributed by atoms with van der Waals surface area (Å²) in [5.74, 6) is 0.313. The smallest absolute Gasteiger partial charge is 0.126 e.